The van der Waals surface area contributed by atoms with E-state index in [2.05, 4.69) is 0 Å². The molecule has 0 aromatic heterocycles. The standard InChI is InChI=1S/C11H15F2NO4/c12-9(13)3-6-5-18-2-1-14(6)10(15)7-4-8(7)11(16)17/h6-9H,1-5H2,(H,16,17)/t6?,7-,8-/m1/s1. The van der Waals surface area contributed by atoms with Gasteiger partial charge >= 0.3 is 5.97 Å². The Morgan fingerprint density at radius 1 is 1.39 bits per heavy atom. The number of alkyl halides is 2. The Morgan fingerprint density at radius 3 is 2.67 bits per heavy atom. The lowest BCUT2D eigenvalue weighted by atomic mass is 10.1. The largest absolute Gasteiger partial charge is 0.481 e. The Hall–Kier alpha value is -1.24. The summed E-state index contributed by atoms with van der Waals surface area (Å²) in [5.74, 6) is -2.50. The fourth-order valence-electron chi connectivity index (χ4n) is 2.30. The van der Waals surface area contributed by atoms with E-state index in [-0.39, 0.29) is 19.1 Å². The summed E-state index contributed by atoms with van der Waals surface area (Å²) < 4.78 is 29.9. The molecular weight excluding hydrogens is 248 g/mol. The van der Waals surface area contributed by atoms with Crippen molar-refractivity contribution in [2.24, 2.45) is 11.8 Å². The van der Waals surface area contributed by atoms with Crippen molar-refractivity contribution < 1.29 is 28.2 Å². The fourth-order valence-corrected chi connectivity index (χ4v) is 2.30. The van der Waals surface area contributed by atoms with Crippen LogP contribution in [0.2, 0.25) is 0 Å². The zero-order valence-electron chi connectivity index (χ0n) is 9.72. The number of aliphatic carboxylic acids is 1. The third-order valence-electron chi connectivity index (χ3n) is 3.39. The average Bonchev–Trinajstić information content (AvgIpc) is 3.08. The van der Waals surface area contributed by atoms with Crippen molar-refractivity contribution in [3.8, 4) is 0 Å². The molecule has 3 atom stereocenters. The SMILES string of the molecule is O=C(O)[C@@H]1C[C@H]1C(=O)N1CCOCC1CC(F)F. The monoisotopic (exact) mass is 263 g/mol. The number of carbonyl (C=O) groups is 2. The molecule has 1 aliphatic carbocycles. The van der Waals surface area contributed by atoms with Gasteiger partial charge < -0.3 is 14.7 Å². The molecule has 1 heterocycles. The third-order valence-corrected chi connectivity index (χ3v) is 3.39. The number of carbonyl (C=O) groups excluding carboxylic acids is 1. The summed E-state index contributed by atoms with van der Waals surface area (Å²) in [5.41, 5.74) is 0. The molecule has 0 bridgehead atoms. The number of carboxylic acids is 1. The van der Waals surface area contributed by atoms with Gasteiger partial charge in [-0.3, -0.25) is 9.59 Å². The molecule has 1 aliphatic heterocycles. The number of halogens is 2. The van der Waals surface area contributed by atoms with E-state index in [1.54, 1.807) is 0 Å². The fraction of sp³-hybridized carbons (Fsp3) is 0.818. The highest BCUT2D eigenvalue weighted by atomic mass is 19.3. The summed E-state index contributed by atoms with van der Waals surface area (Å²) in [5, 5.41) is 8.77. The van der Waals surface area contributed by atoms with Crippen LogP contribution in [-0.2, 0) is 14.3 Å². The van der Waals surface area contributed by atoms with Crippen LogP contribution in [0, 0.1) is 11.8 Å². The molecule has 1 amide bonds. The van der Waals surface area contributed by atoms with Gasteiger partial charge in [0.25, 0.3) is 0 Å². The van der Waals surface area contributed by atoms with E-state index in [0.717, 1.165) is 0 Å². The number of hydrogen-bond donors (Lipinski definition) is 1. The minimum absolute atomic E-state index is 0.0978. The predicted octanol–water partition coefficient (Wildman–Crippen LogP) is 0.590. The van der Waals surface area contributed by atoms with Crippen molar-refractivity contribution in [3.05, 3.63) is 0 Å². The van der Waals surface area contributed by atoms with Crippen LogP contribution in [-0.4, -0.2) is 54.1 Å². The van der Waals surface area contributed by atoms with Gasteiger partial charge in [-0.05, 0) is 6.42 Å². The van der Waals surface area contributed by atoms with Gasteiger partial charge in [0.1, 0.15) is 0 Å². The number of carboxylic acid groups (broad SMARTS) is 1. The second-order valence-corrected chi connectivity index (χ2v) is 4.67. The Balaban J connectivity index is 1.96. The summed E-state index contributed by atoms with van der Waals surface area (Å²) >= 11 is 0. The maximum Gasteiger partial charge on any atom is 0.307 e. The van der Waals surface area contributed by atoms with E-state index in [4.69, 9.17) is 9.84 Å². The minimum atomic E-state index is -2.50. The van der Waals surface area contributed by atoms with Crippen LogP contribution in [0.4, 0.5) is 8.78 Å². The molecule has 0 spiro atoms. The summed E-state index contributed by atoms with van der Waals surface area (Å²) in [6.45, 7) is 0.676. The van der Waals surface area contributed by atoms with E-state index in [1.165, 1.54) is 4.90 Å². The van der Waals surface area contributed by atoms with Crippen LogP contribution in [0.15, 0.2) is 0 Å². The molecule has 0 radical (unpaired) electrons. The second kappa shape index (κ2) is 5.17. The van der Waals surface area contributed by atoms with Gasteiger partial charge in [-0.1, -0.05) is 0 Å². The summed E-state index contributed by atoms with van der Waals surface area (Å²) in [4.78, 5) is 24.1. The zero-order valence-corrected chi connectivity index (χ0v) is 9.72. The van der Waals surface area contributed by atoms with Gasteiger partial charge in [0.15, 0.2) is 0 Å². The summed E-state index contributed by atoms with van der Waals surface area (Å²) in [6.07, 6.45) is -2.61. The van der Waals surface area contributed by atoms with Crippen molar-refractivity contribution in [2.75, 3.05) is 19.8 Å². The molecule has 1 saturated heterocycles. The van der Waals surface area contributed by atoms with Crippen LogP contribution in [0.3, 0.4) is 0 Å². The van der Waals surface area contributed by atoms with Crippen LogP contribution in [0.25, 0.3) is 0 Å². The molecule has 2 fully saturated rings. The van der Waals surface area contributed by atoms with Crippen molar-refractivity contribution in [3.63, 3.8) is 0 Å². The number of morpholine rings is 1. The molecule has 2 aliphatic rings. The van der Waals surface area contributed by atoms with Crippen molar-refractivity contribution in [2.45, 2.75) is 25.3 Å². The van der Waals surface area contributed by atoms with Crippen LogP contribution in [0.1, 0.15) is 12.8 Å². The van der Waals surface area contributed by atoms with Crippen molar-refractivity contribution >= 4 is 11.9 Å². The first-order valence-corrected chi connectivity index (χ1v) is 5.90. The quantitative estimate of drug-likeness (QED) is 0.806. The lowest BCUT2D eigenvalue weighted by Gasteiger charge is -2.35. The number of rotatable bonds is 4. The first-order valence-electron chi connectivity index (χ1n) is 5.90. The molecule has 1 N–H and O–H groups in total. The van der Waals surface area contributed by atoms with Gasteiger partial charge in [-0.25, -0.2) is 8.78 Å². The number of ether oxygens (including phenoxy) is 1. The third kappa shape index (κ3) is 2.77. The molecule has 0 aromatic carbocycles. The van der Waals surface area contributed by atoms with E-state index in [9.17, 15) is 18.4 Å². The molecule has 0 aromatic rings. The Morgan fingerprint density at radius 2 is 2.11 bits per heavy atom. The minimum Gasteiger partial charge on any atom is -0.481 e. The molecule has 1 unspecified atom stereocenters. The highest BCUT2D eigenvalue weighted by molar-refractivity contribution is 5.89. The molecular formula is C11H15F2NO4. The van der Waals surface area contributed by atoms with E-state index < -0.39 is 36.7 Å². The lowest BCUT2D eigenvalue weighted by Crippen LogP contribution is -2.50. The maximum absolute atomic E-state index is 12.4. The van der Waals surface area contributed by atoms with Crippen LogP contribution >= 0.6 is 0 Å². The normalized spacial score (nSPS) is 31.5. The molecule has 1 saturated carbocycles. The van der Waals surface area contributed by atoms with Gasteiger partial charge in [-0.15, -0.1) is 0 Å². The van der Waals surface area contributed by atoms with Gasteiger partial charge in [0.05, 0.1) is 31.1 Å². The smallest absolute Gasteiger partial charge is 0.307 e. The molecule has 5 nitrogen and oxygen atoms in total. The van der Waals surface area contributed by atoms with Crippen LogP contribution < -0.4 is 0 Å². The highest BCUT2D eigenvalue weighted by Crippen LogP contribution is 2.40. The maximum atomic E-state index is 12.4. The molecule has 7 heteroatoms. The van der Waals surface area contributed by atoms with Crippen molar-refractivity contribution in [1.29, 1.82) is 0 Å². The van der Waals surface area contributed by atoms with Crippen LogP contribution in [0.5, 0.6) is 0 Å². The average molecular weight is 263 g/mol. The van der Waals surface area contributed by atoms with E-state index >= 15 is 0 Å². The predicted molar refractivity (Wildman–Crippen MR) is 56.2 cm³/mol. The molecule has 18 heavy (non-hydrogen) atoms. The van der Waals surface area contributed by atoms with Gasteiger partial charge in [0, 0.05) is 13.0 Å². The van der Waals surface area contributed by atoms with Gasteiger partial charge in [-0.2, -0.15) is 0 Å². The zero-order chi connectivity index (χ0) is 13.3. The highest BCUT2D eigenvalue weighted by Gasteiger charge is 2.51. The second-order valence-electron chi connectivity index (χ2n) is 4.67. The number of amides is 1. The van der Waals surface area contributed by atoms with Crippen molar-refractivity contribution in [1.82, 2.24) is 4.90 Å². The molecule has 102 valence electrons. The van der Waals surface area contributed by atoms with Gasteiger partial charge in [0.2, 0.25) is 12.3 Å². The number of hydrogen-bond acceptors (Lipinski definition) is 3. The first kappa shape index (κ1) is 13.2. The summed E-state index contributed by atoms with van der Waals surface area (Å²) in [7, 11) is 0. The topological polar surface area (TPSA) is 66.8 Å². The first-order chi connectivity index (χ1) is 8.50. The van der Waals surface area contributed by atoms with E-state index in [1.807, 2.05) is 0 Å². The summed E-state index contributed by atoms with van der Waals surface area (Å²) in [6, 6.07) is -0.638. The molecule has 2 rings (SSSR count). The Labute approximate surface area is 103 Å². The lowest BCUT2D eigenvalue weighted by molar-refractivity contribution is -0.146. The van der Waals surface area contributed by atoms with E-state index in [0.29, 0.717) is 13.0 Å². The number of nitrogens with zero attached hydrogens (tertiary/aromatic N) is 1. The Kier molecular flexibility index (Phi) is 3.79. The Bertz CT molecular complexity index is 350.